The van der Waals surface area contributed by atoms with Crippen LogP contribution in [-0.4, -0.2) is 57.7 Å². The number of hydrogen-bond acceptors (Lipinski definition) is 4. The number of benzene rings is 1. The first-order valence-electron chi connectivity index (χ1n) is 8.45. The van der Waals surface area contributed by atoms with E-state index >= 15 is 0 Å². The van der Waals surface area contributed by atoms with Gasteiger partial charge in [-0.15, -0.1) is 24.0 Å². The Hall–Kier alpha value is -1.22. The molecule has 26 heavy (non-hydrogen) atoms. The number of carbonyl (C=O) groups is 1. The zero-order valence-corrected chi connectivity index (χ0v) is 18.5. The molecule has 1 heterocycles. The highest BCUT2D eigenvalue weighted by molar-refractivity contribution is 14.0. The van der Waals surface area contributed by atoms with Gasteiger partial charge in [0.05, 0.1) is 20.1 Å². The summed E-state index contributed by atoms with van der Waals surface area (Å²) in [5.41, 5.74) is 1.06. The molecule has 1 fully saturated rings. The average molecular weight is 496 g/mol. The Labute approximate surface area is 177 Å². The molecule has 0 radical (unpaired) electrons. The number of esters is 1. The number of halogens is 2. The lowest BCUT2D eigenvalue weighted by Crippen LogP contribution is -2.47. The summed E-state index contributed by atoms with van der Waals surface area (Å²) in [6.07, 6.45) is 2.37. The smallest absolute Gasteiger partial charge is 0.308 e. The normalized spacial score (nSPS) is 15.2. The molecular formula is C18H27ClIN3O3. The topological polar surface area (TPSA) is 63.2 Å². The predicted molar refractivity (Wildman–Crippen MR) is 115 cm³/mol. The van der Waals surface area contributed by atoms with Gasteiger partial charge in [-0.25, -0.2) is 0 Å². The molecular weight excluding hydrogens is 469 g/mol. The predicted octanol–water partition coefficient (Wildman–Crippen LogP) is 2.97. The van der Waals surface area contributed by atoms with Crippen molar-refractivity contribution in [3.05, 3.63) is 28.8 Å². The van der Waals surface area contributed by atoms with E-state index in [2.05, 4.69) is 15.2 Å². The van der Waals surface area contributed by atoms with E-state index in [1.54, 1.807) is 14.2 Å². The number of ether oxygens (including phenoxy) is 2. The third-order valence-corrected chi connectivity index (χ3v) is 4.83. The van der Waals surface area contributed by atoms with Crippen LogP contribution in [0.2, 0.25) is 5.02 Å². The van der Waals surface area contributed by atoms with E-state index < -0.39 is 0 Å². The number of carbonyl (C=O) groups excluding carboxylic acids is 1. The second kappa shape index (κ2) is 11.5. The molecule has 0 aromatic heterocycles. The molecule has 0 amide bonds. The van der Waals surface area contributed by atoms with Crippen molar-refractivity contribution in [1.82, 2.24) is 10.2 Å². The Morgan fingerprint density at radius 2 is 2.04 bits per heavy atom. The Morgan fingerprint density at radius 1 is 1.35 bits per heavy atom. The summed E-state index contributed by atoms with van der Waals surface area (Å²) < 4.78 is 9.99. The van der Waals surface area contributed by atoms with Crippen LogP contribution in [0.4, 0.5) is 0 Å². The molecule has 2 rings (SSSR count). The number of aliphatic imine (C=N–C) groups is 1. The van der Waals surface area contributed by atoms with Crippen molar-refractivity contribution in [1.29, 1.82) is 0 Å². The van der Waals surface area contributed by atoms with Gasteiger partial charge < -0.3 is 19.7 Å². The summed E-state index contributed by atoms with van der Waals surface area (Å²) in [7, 11) is 4.84. The van der Waals surface area contributed by atoms with Gasteiger partial charge in [-0.05, 0) is 37.0 Å². The zero-order valence-electron chi connectivity index (χ0n) is 15.5. The first-order chi connectivity index (χ1) is 12.1. The van der Waals surface area contributed by atoms with E-state index in [1.165, 1.54) is 7.11 Å². The lowest BCUT2D eigenvalue weighted by molar-refractivity contribution is -0.146. The molecule has 1 saturated heterocycles. The second-order valence-corrected chi connectivity index (χ2v) is 6.37. The van der Waals surface area contributed by atoms with Crippen LogP contribution >= 0.6 is 35.6 Å². The quantitative estimate of drug-likeness (QED) is 0.295. The van der Waals surface area contributed by atoms with Gasteiger partial charge in [-0.3, -0.25) is 9.79 Å². The van der Waals surface area contributed by atoms with E-state index in [0.29, 0.717) is 5.02 Å². The van der Waals surface area contributed by atoms with Crippen molar-refractivity contribution in [2.24, 2.45) is 10.9 Å². The molecule has 1 aromatic carbocycles. The molecule has 0 spiro atoms. The van der Waals surface area contributed by atoms with Crippen molar-refractivity contribution in [3.8, 4) is 5.75 Å². The maximum atomic E-state index is 11.6. The summed E-state index contributed by atoms with van der Waals surface area (Å²) in [6.45, 7) is 2.32. The van der Waals surface area contributed by atoms with Crippen LogP contribution in [0.15, 0.2) is 23.2 Å². The van der Waals surface area contributed by atoms with Crippen LogP contribution in [-0.2, 0) is 16.0 Å². The lowest BCUT2D eigenvalue weighted by Gasteiger charge is -2.33. The molecule has 8 heteroatoms. The van der Waals surface area contributed by atoms with Crippen LogP contribution in [0.3, 0.4) is 0 Å². The van der Waals surface area contributed by atoms with E-state index in [9.17, 15) is 4.79 Å². The molecule has 1 aliphatic heterocycles. The van der Waals surface area contributed by atoms with Crippen LogP contribution in [0.5, 0.6) is 5.75 Å². The van der Waals surface area contributed by atoms with Crippen LogP contribution < -0.4 is 10.1 Å². The average Bonchev–Trinajstić information content (AvgIpc) is 2.65. The fourth-order valence-electron chi connectivity index (χ4n) is 2.99. The van der Waals surface area contributed by atoms with Gasteiger partial charge in [-0.1, -0.05) is 17.7 Å². The number of nitrogens with zero attached hydrogens (tertiary/aromatic N) is 2. The zero-order chi connectivity index (χ0) is 18.2. The van der Waals surface area contributed by atoms with Crippen molar-refractivity contribution in [3.63, 3.8) is 0 Å². The minimum Gasteiger partial charge on any atom is -0.497 e. The van der Waals surface area contributed by atoms with E-state index in [1.807, 2.05) is 18.2 Å². The molecule has 1 aromatic rings. The number of hydrogen-bond donors (Lipinski definition) is 1. The fraction of sp³-hybridized carbons (Fsp3) is 0.556. The Bertz CT molecular complexity index is 620. The van der Waals surface area contributed by atoms with Crippen molar-refractivity contribution >= 4 is 47.5 Å². The molecule has 6 nitrogen and oxygen atoms in total. The Morgan fingerprint density at radius 3 is 2.58 bits per heavy atom. The van der Waals surface area contributed by atoms with Crippen LogP contribution in [0, 0.1) is 5.92 Å². The maximum Gasteiger partial charge on any atom is 0.308 e. The Kier molecular flexibility index (Phi) is 10.1. The molecule has 1 aliphatic rings. The van der Waals surface area contributed by atoms with Gasteiger partial charge in [0, 0.05) is 31.7 Å². The molecule has 146 valence electrons. The molecule has 0 atom stereocenters. The number of methoxy groups -OCH3 is 2. The van der Waals surface area contributed by atoms with Crippen molar-refractivity contribution < 1.29 is 14.3 Å². The van der Waals surface area contributed by atoms with Gasteiger partial charge in [0.25, 0.3) is 0 Å². The number of likely N-dealkylation sites (tertiary alicyclic amines) is 1. The number of piperidine rings is 1. The summed E-state index contributed by atoms with van der Waals surface area (Å²) >= 11 is 6.27. The van der Waals surface area contributed by atoms with E-state index in [0.717, 1.165) is 56.2 Å². The second-order valence-electron chi connectivity index (χ2n) is 5.97. The molecule has 0 bridgehead atoms. The van der Waals surface area contributed by atoms with Crippen LogP contribution in [0.25, 0.3) is 0 Å². The first-order valence-corrected chi connectivity index (χ1v) is 8.82. The number of nitrogens with one attached hydrogen (secondary N) is 1. The summed E-state index contributed by atoms with van der Waals surface area (Å²) in [4.78, 5) is 18.1. The van der Waals surface area contributed by atoms with Gasteiger partial charge in [0.15, 0.2) is 5.96 Å². The fourth-order valence-corrected chi connectivity index (χ4v) is 3.26. The molecule has 0 unspecified atom stereocenters. The van der Waals surface area contributed by atoms with E-state index in [4.69, 9.17) is 21.1 Å². The van der Waals surface area contributed by atoms with Crippen molar-refractivity contribution in [2.45, 2.75) is 19.3 Å². The van der Waals surface area contributed by atoms with Gasteiger partial charge in [0.1, 0.15) is 5.75 Å². The Balaban J connectivity index is 0.00000338. The first kappa shape index (κ1) is 22.8. The third kappa shape index (κ3) is 6.19. The minimum absolute atomic E-state index is 0. The van der Waals surface area contributed by atoms with Crippen LogP contribution in [0.1, 0.15) is 18.4 Å². The molecule has 0 saturated carbocycles. The van der Waals surface area contributed by atoms with Gasteiger partial charge in [0.2, 0.25) is 0 Å². The number of guanidine groups is 1. The molecule has 0 aliphatic carbocycles. The highest BCUT2D eigenvalue weighted by atomic mass is 127. The van der Waals surface area contributed by atoms with E-state index in [-0.39, 0.29) is 35.9 Å². The minimum atomic E-state index is -0.114. The monoisotopic (exact) mass is 495 g/mol. The molecule has 1 N–H and O–H groups in total. The largest absolute Gasteiger partial charge is 0.497 e. The number of rotatable bonds is 5. The van der Waals surface area contributed by atoms with Crippen molar-refractivity contribution in [2.75, 3.05) is 40.9 Å². The summed E-state index contributed by atoms with van der Waals surface area (Å²) in [6, 6.07) is 5.71. The lowest BCUT2D eigenvalue weighted by atomic mass is 9.97. The third-order valence-electron chi connectivity index (χ3n) is 4.48. The van der Waals surface area contributed by atoms with Gasteiger partial charge in [-0.2, -0.15) is 0 Å². The van der Waals surface area contributed by atoms with Gasteiger partial charge >= 0.3 is 5.97 Å². The standard InChI is InChI=1S/C18H26ClN3O3.HI/c1-20-18(22-10-7-14(8-11-22)17(23)25-3)21-9-6-13-4-5-15(24-2)12-16(13)19;/h4-5,12,14H,6-11H2,1-3H3,(H,20,21);1H. The summed E-state index contributed by atoms with van der Waals surface area (Å²) in [5, 5.41) is 4.08. The SMILES string of the molecule is CN=C(NCCc1ccc(OC)cc1Cl)N1CCC(C(=O)OC)CC1.I. The maximum absolute atomic E-state index is 11.6. The highest BCUT2D eigenvalue weighted by Crippen LogP contribution is 2.22. The summed E-state index contributed by atoms with van der Waals surface area (Å²) in [5.74, 6) is 1.49. The highest BCUT2D eigenvalue weighted by Gasteiger charge is 2.26.